The van der Waals surface area contributed by atoms with Gasteiger partial charge in [0.25, 0.3) is 0 Å². The maximum absolute atomic E-state index is 9.54. The zero-order chi connectivity index (χ0) is 14.1. The van der Waals surface area contributed by atoms with Crippen LogP contribution in [0, 0.1) is 0 Å². The number of aliphatic hydroxyl groups is 1. The molecule has 0 radical (unpaired) electrons. The molecule has 4 nitrogen and oxygen atoms in total. The average molecular weight is 337 g/mol. The van der Waals surface area contributed by atoms with Crippen LogP contribution in [-0.4, -0.2) is 11.9 Å². The second-order valence-electron chi connectivity index (χ2n) is 4.48. The summed E-state index contributed by atoms with van der Waals surface area (Å²) in [5.74, 6) is 2.74. The molecule has 0 saturated heterocycles. The first-order valence-corrected chi connectivity index (χ1v) is 6.98. The Morgan fingerprint density at radius 3 is 2.70 bits per heavy atom. The summed E-state index contributed by atoms with van der Waals surface area (Å²) in [6.07, 6.45) is -0.508. The van der Waals surface area contributed by atoms with Crippen LogP contribution in [0.3, 0.4) is 0 Å². The van der Waals surface area contributed by atoms with Crippen molar-refractivity contribution in [3.8, 4) is 23.0 Å². The Bertz CT molecular complexity index is 640. The highest BCUT2D eigenvalue weighted by Gasteiger charge is 2.14. The second-order valence-corrected chi connectivity index (χ2v) is 5.34. The molecule has 0 fully saturated rings. The minimum absolute atomic E-state index is 0.242. The molecule has 0 spiro atoms. The van der Waals surface area contributed by atoms with Crippen LogP contribution in [0.25, 0.3) is 0 Å². The normalized spacial score (nSPS) is 14.2. The van der Waals surface area contributed by atoms with E-state index in [1.807, 2.05) is 30.3 Å². The van der Waals surface area contributed by atoms with Gasteiger partial charge in [-0.3, -0.25) is 0 Å². The van der Waals surface area contributed by atoms with Gasteiger partial charge < -0.3 is 19.3 Å². The third kappa shape index (κ3) is 2.59. The van der Waals surface area contributed by atoms with Crippen LogP contribution in [0.15, 0.2) is 40.9 Å². The number of rotatable bonds is 3. The molecular weight excluding hydrogens is 324 g/mol. The number of ether oxygens (including phenoxy) is 3. The van der Waals surface area contributed by atoms with Gasteiger partial charge in [-0.25, -0.2) is 0 Å². The average Bonchev–Trinajstić information content (AvgIpc) is 2.88. The van der Waals surface area contributed by atoms with E-state index >= 15 is 0 Å². The molecule has 1 N–H and O–H groups in total. The molecule has 1 aliphatic heterocycles. The van der Waals surface area contributed by atoms with Crippen molar-refractivity contribution in [3.63, 3.8) is 0 Å². The third-order valence-electron chi connectivity index (χ3n) is 3.01. The second kappa shape index (κ2) is 5.34. The smallest absolute Gasteiger partial charge is 0.231 e. The van der Waals surface area contributed by atoms with Gasteiger partial charge in [-0.05, 0) is 52.7 Å². The molecule has 20 heavy (non-hydrogen) atoms. The Balaban J connectivity index is 1.84. The van der Waals surface area contributed by atoms with Crippen molar-refractivity contribution in [1.29, 1.82) is 0 Å². The largest absolute Gasteiger partial charge is 0.456 e. The van der Waals surface area contributed by atoms with Crippen LogP contribution < -0.4 is 14.2 Å². The number of aliphatic hydroxyl groups excluding tert-OH is 1. The molecule has 0 unspecified atom stereocenters. The number of hydrogen-bond donors (Lipinski definition) is 1. The number of hydrogen-bond acceptors (Lipinski definition) is 4. The van der Waals surface area contributed by atoms with Crippen LogP contribution in [0.2, 0.25) is 0 Å². The first-order chi connectivity index (χ1) is 9.63. The molecule has 5 heteroatoms. The molecule has 0 bridgehead atoms. The summed E-state index contributed by atoms with van der Waals surface area (Å²) >= 11 is 3.44. The molecule has 0 aromatic heterocycles. The topological polar surface area (TPSA) is 47.9 Å². The third-order valence-corrected chi connectivity index (χ3v) is 3.63. The van der Waals surface area contributed by atoms with Gasteiger partial charge in [-0.2, -0.15) is 0 Å². The molecule has 3 rings (SSSR count). The van der Waals surface area contributed by atoms with Gasteiger partial charge >= 0.3 is 0 Å². The Morgan fingerprint density at radius 2 is 1.95 bits per heavy atom. The van der Waals surface area contributed by atoms with E-state index in [1.54, 1.807) is 13.0 Å². The van der Waals surface area contributed by atoms with E-state index in [4.69, 9.17) is 14.2 Å². The highest BCUT2D eigenvalue weighted by molar-refractivity contribution is 9.10. The molecule has 0 saturated carbocycles. The lowest BCUT2D eigenvalue weighted by Gasteiger charge is -2.11. The maximum atomic E-state index is 9.54. The Morgan fingerprint density at radius 1 is 1.15 bits per heavy atom. The van der Waals surface area contributed by atoms with Gasteiger partial charge in [0, 0.05) is 6.07 Å². The van der Waals surface area contributed by atoms with Crippen molar-refractivity contribution in [1.82, 2.24) is 0 Å². The summed E-state index contributed by atoms with van der Waals surface area (Å²) in [7, 11) is 0. The van der Waals surface area contributed by atoms with Crippen molar-refractivity contribution in [3.05, 3.63) is 46.4 Å². The summed E-state index contributed by atoms with van der Waals surface area (Å²) in [6.45, 7) is 1.96. The summed E-state index contributed by atoms with van der Waals surface area (Å²) in [5.41, 5.74) is 0.829. The van der Waals surface area contributed by atoms with E-state index in [0.29, 0.717) is 17.2 Å². The number of fused-ring (bicyclic) bond motifs is 1. The van der Waals surface area contributed by atoms with Crippen molar-refractivity contribution >= 4 is 15.9 Å². The summed E-state index contributed by atoms with van der Waals surface area (Å²) in [4.78, 5) is 0. The van der Waals surface area contributed by atoms with Gasteiger partial charge in [-0.15, -0.1) is 0 Å². The molecule has 0 aliphatic carbocycles. The van der Waals surface area contributed by atoms with Gasteiger partial charge in [0.1, 0.15) is 11.5 Å². The fraction of sp³-hybridized carbons (Fsp3) is 0.200. The van der Waals surface area contributed by atoms with Crippen molar-refractivity contribution < 1.29 is 19.3 Å². The first-order valence-electron chi connectivity index (χ1n) is 6.18. The number of benzene rings is 2. The van der Waals surface area contributed by atoms with Crippen molar-refractivity contribution in [2.45, 2.75) is 13.0 Å². The SMILES string of the molecule is C[C@@H](O)c1ccc(Oc2ccc3c(c2)OCO3)c(Br)c1. The molecule has 0 amide bonds. The lowest BCUT2D eigenvalue weighted by Crippen LogP contribution is -1.93. The molecule has 1 atom stereocenters. The Hall–Kier alpha value is -1.72. The van der Waals surface area contributed by atoms with E-state index < -0.39 is 6.10 Å². The quantitative estimate of drug-likeness (QED) is 0.919. The molecule has 1 heterocycles. The van der Waals surface area contributed by atoms with Gasteiger partial charge in [0.15, 0.2) is 11.5 Å². The molecule has 2 aromatic rings. The fourth-order valence-electron chi connectivity index (χ4n) is 1.93. The summed E-state index contributed by atoms with van der Waals surface area (Å²) < 4.78 is 17.2. The summed E-state index contributed by atoms with van der Waals surface area (Å²) in [5, 5.41) is 9.54. The highest BCUT2D eigenvalue weighted by atomic mass is 79.9. The van der Waals surface area contributed by atoms with Gasteiger partial charge in [0.05, 0.1) is 10.6 Å². The van der Waals surface area contributed by atoms with E-state index in [1.165, 1.54) is 0 Å². The van der Waals surface area contributed by atoms with Crippen LogP contribution in [-0.2, 0) is 0 Å². The zero-order valence-corrected chi connectivity index (χ0v) is 12.4. The zero-order valence-electron chi connectivity index (χ0n) is 10.8. The molecule has 104 valence electrons. The molecule has 2 aromatic carbocycles. The lowest BCUT2D eigenvalue weighted by molar-refractivity contribution is 0.174. The van der Waals surface area contributed by atoms with Crippen LogP contribution in [0.4, 0.5) is 0 Å². The van der Waals surface area contributed by atoms with Gasteiger partial charge in [0.2, 0.25) is 6.79 Å². The van der Waals surface area contributed by atoms with E-state index in [2.05, 4.69) is 15.9 Å². The molecule has 1 aliphatic rings. The van der Waals surface area contributed by atoms with Crippen molar-refractivity contribution in [2.75, 3.05) is 6.79 Å². The highest BCUT2D eigenvalue weighted by Crippen LogP contribution is 2.38. The monoisotopic (exact) mass is 336 g/mol. The predicted molar refractivity (Wildman–Crippen MR) is 77.4 cm³/mol. The Kier molecular flexibility index (Phi) is 3.54. The van der Waals surface area contributed by atoms with Crippen LogP contribution in [0.1, 0.15) is 18.6 Å². The minimum Gasteiger partial charge on any atom is -0.456 e. The first kappa shape index (κ1) is 13.3. The standard InChI is InChI=1S/C15H13BrO4/c1-9(17)10-2-4-13(12(16)6-10)20-11-3-5-14-15(7-11)19-8-18-14/h2-7,9,17H,8H2,1H3/t9-/m1/s1. The van der Waals surface area contributed by atoms with E-state index in [9.17, 15) is 5.11 Å². The van der Waals surface area contributed by atoms with Crippen LogP contribution >= 0.6 is 15.9 Å². The Labute approximate surface area is 125 Å². The minimum atomic E-state index is -0.508. The van der Waals surface area contributed by atoms with Crippen molar-refractivity contribution in [2.24, 2.45) is 0 Å². The van der Waals surface area contributed by atoms with E-state index in [0.717, 1.165) is 15.8 Å². The van der Waals surface area contributed by atoms with E-state index in [-0.39, 0.29) is 6.79 Å². The van der Waals surface area contributed by atoms with Gasteiger partial charge in [-0.1, -0.05) is 6.07 Å². The molecular formula is C15H13BrO4. The lowest BCUT2D eigenvalue weighted by atomic mass is 10.1. The van der Waals surface area contributed by atoms with Crippen LogP contribution in [0.5, 0.6) is 23.0 Å². The summed E-state index contributed by atoms with van der Waals surface area (Å²) in [6, 6.07) is 10.9. The maximum Gasteiger partial charge on any atom is 0.231 e. The number of halogens is 1. The fourth-order valence-corrected chi connectivity index (χ4v) is 2.40. The predicted octanol–water partition coefficient (Wildman–Crippen LogP) is 4.02.